The standard InChI is InChI=1S/C16H21NO2/c1-10-6-7-13(16(18-5)12(10)3)14(17-4)15-11(2)8-9-19-15/h6-9,14,17H,1-5H3. The Morgan fingerprint density at radius 2 is 1.84 bits per heavy atom. The van der Waals surface area contributed by atoms with Crippen LogP contribution in [0.2, 0.25) is 0 Å². The summed E-state index contributed by atoms with van der Waals surface area (Å²) >= 11 is 0. The molecule has 2 aromatic rings. The van der Waals surface area contributed by atoms with Gasteiger partial charge in [0, 0.05) is 5.56 Å². The highest BCUT2D eigenvalue weighted by atomic mass is 16.5. The van der Waals surface area contributed by atoms with Gasteiger partial charge in [-0.2, -0.15) is 0 Å². The van der Waals surface area contributed by atoms with Crippen molar-refractivity contribution >= 4 is 0 Å². The molecule has 1 atom stereocenters. The minimum Gasteiger partial charge on any atom is -0.496 e. The van der Waals surface area contributed by atoms with Crippen LogP contribution in [0.1, 0.15) is 34.1 Å². The number of nitrogens with one attached hydrogen (secondary N) is 1. The molecule has 0 aliphatic heterocycles. The molecule has 0 aliphatic carbocycles. The topological polar surface area (TPSA) is 34.4 Å². The van der Waals surface area contributed by atoms with Crippen LogP contribution in [0.4, 0.5) is 0 Å². The third-order valence-corrected chi connectivity index (χ3v) is 3.67. The predicted molar refractivity (Wildman–Crippen MR) is 76.8 cm³/mol. The smallest absolute Gasteiger partial charge is 0.128 e. The Kier molecular flexibility index (Phi) is 3.96. The van der Waals surface area contributed by atoms with Crippen LogP contribution in [-0.2, 0) is 0 Å². The second kappa shape index (κ2) is 5.49. The van der Waals surface area contributed by atoms with Gasteiger partial charge < -0.3 is 14.5 Å². The van der Waals surface area contributed by atoms with E-state index in [1.807, 2.05) is 13.1 Å². The van der Waals surface area contributed by atoms with Crippen molar-refractivity contribution in [2.45, 2.75) is 26.8 Å². The minimum atomic E-state index is 0.00394. The van der Waals surface area contributed by atoms with Crippen molar-refractivity contribution in [2.24, 2.45) is 0 Å². The van der Waals surface area contributed by atoms with Crippen LogP contribution in [-0.4, -0.2) is 14.2 Å². The van der Waals surface area contributed by atoms with Crippen LogP contribution >= 0.6 is 0 Å². The average molecular weight is 259 g/mol. The number of hydrogen-bond donors (Lipinski definition) is 1. The van der Waals surface area contributed by atoms with Gasteiger partial charge >= 0.3 is 0 Å². The van der Waals surface area contributed by atoms with Gasteiger partial charge in [0.1, 0.15) is 11.5 Å². The largest absolute Gasteiger partial charge is 0.496 e. The molecule has 2 rings (SSSR count). The van der Waals surface area contributed by atoms with Crippen molar-refractivity contribution in [1.29, 1.82) is 0 Å². The number of ether oxygens (including phenoxy) is 1. The molecule has 0 saturated heterocycles. The summed E-state index contributed by atoms with van der Waals surface area (Å²) in [4.78, 5) is 0. The highest BCUT2D eigenvalue weighted by Gasteiger charge is 2.22. The van der Waals surface area contributed by atoms with E-state index in [1.54, 1.807) is 13.4 Å². The van der Waals surface area contributed by atoms with Crippen LogP contribution < -0.4 is 10.1 Å². The van der Waals surface area contributed by atoms with E-state index in [1.165, 1.54) is 11.1 Å². The van der Waals surface area contributed by atoms with Gasteiger partial charge in [-0.05, 0) is 50.6 Å². The Labute approximate surface area is 114 Å². The molecule has 0 bridgehead atoms. The van der Waals surface area contributed by atoms with Crippen molar-refractivity contribution in [2.75, 3.05) is 14.2 Å². The summed E-state index contributed by atoms with van der Waals surface area (Å²) in [5.41, 5.74) is 4.64. The van der Waals surface area contributed by atoms with Crippen molar-refractivity contribution in [3.8, 4) is 5.75 Å². The number of rotatable bonds is 4. The number of furan rings is 1. The van der Waals surface area contributed by atoms with Crippen LogP contribution in [0, 0.1) is 20.8 Å². The second-order valence-corrected chi connectivity index (χ2v) is 4.82. The molecule has 0 saturated carbocycles. The van der Waals surface area contributed by atoms with E-state index >= 15 is 0 Å². The van der Waals surface area contributed by atoms with Gasteiger partial charge in [-0.25, -0.2) is 0 Å². The maximum atomic E-state index is 5.62. The molecule has 1 aromatic carbocycles. The Hall–Kier alpha value is -1.74. The lowest BCUT2D eigenvalue weighted by Crippen LogP contribution is -2.19. The first-order valence-corrected chi connectivity index (χ1v) is 6.45. The normalized spacial score (nSPS) is 12.5. The first-order valence-electron chi connectivity index (χ1n) is 6.45. The monoisotopic (exact) mass is 259 g/mol. The molecule has 1 N–H and O–H groups in total. The van der Waals surface area contributed by atoms with Gasteiger partial charge in [0.2, 0.25) is 0 Å². The van der Waals surface area contributed by atoms with Gasteiger partial charge in [0.25, 0.3) is 0 Å². The SMILES string of the molecule is CNC(c1ccc(C)c(C)c1OC)c1occc1C. The Bertz CT molecular complexity index is 572. The zero-order valence-electron chi connectivity index (χ0n) is 12.2. The molecule has 1 aromatic heterocycles. The molecule has 3 heteroatoms. The maximum absolute atomic E-state index is 5.62. The van der Waals surface area contributed by atoms with Crippen molar-refractivity contribution in [1.82, 2.24) is 5.32 Å². The van der Waals surface area contributed by atoms with Crippen LogP contribution in [0.15, 0.2) is 28.9 Å². The minimum absolute atomic E-state index is 0.00394. The predicted octanol–water partition coefficient (Wildman–Crippen LogP) is 3.52. The fourth-order valence-corrected chi connectivity index (χ4v) is 2.42. The molecule has 0 fully saturated rings. The van der Waals surface area contributed by atoms with E-state index in [0.717, 1.165) is 22.6 Å². The highest BCUT2D eigenvalue weighted by Crippen LogP contribution is 2.35. The van der Waals surface area contributed by atoms with E-state index < -0.39 is 0 Å². The third-order valence-electron chi connectivity index (χ3n) is 3.67. The zero-order chi connectivity index (χ0) is 14.0. The van der Waals surface area contributed by atoms with Crippen LogP contribution in [0.5, 0.6) is 5.75 Å². The molecule has 3 nitrogen and oxygen atoms in total. The molecule has 102 valence electrons. The fraction of sp³-hybridized carbons (Fsp3) is 0.375. The van der Waals surface area contributed by atoms with Gasteiger partial charge in [0.05, 0.1) is 19.4 Å². The maximum Gasteiger partial charge on any atom is 0.128 e. The average Bonchev–Trinajstić information content (AvgIpc) is 2.81. The van der Waals surface area contributed by atoms with Gasteiger partial charge in [-0.3, -0.25) is 0 Å². The number of hydrogen-bond acceptors (Lipinski definition) is 3. The van der Waals surface area contributed by atoms with Crippen molar-refractivity contribution < 1.29 is 9.15 Å². The molecule has 0 amide bonds. The lowest BCUT2D eigenvalue weighted by molar-refractivity contribution is 0.393. The van der Waals surface area contributed by atoms with Gasteiger partial charge in [-0.15, -0.1) is 0 Å². The van der Waals surface area contributed by atoms with Crippen molar-refractivity contribution in [3.05, 3.63) is 52.5 Å². The summed E-state index contributed by atoms with van der Waals surface area (Å²) in [6.45, 7) is 6.23. The third kappa shape index (κ3) is 2.38. The summed E-state index contributed by atoms with van der Waals surface area (Å²) in [7, 11) is 3.65. The quantitative estimate of drug-likeness (QED) is 0.912. The van der Waals surface area contributed by atoms with Crippen molar-refractivity contribution in [3.63, 3.8) is 0 Å². The summed E-state index contributed by atoms with van der Waals surface area (Å²) in [5.74, 6) is 1.86. The number of aryl methyl sites for hydroxylation is 2. The fourth-order valence-electron chi connectivity index (χ4n) is 2.42. The van der Waals surface area contributed by atoms with E-state index in [0.29, 0.717) is 0 Å². The Morgan fingerprint density at radius 3 is 2.37 bits per heavy atom. The first kappa shape index (κ1) is 13.7. The summed E-state index contributed by atoms with van der Waals surface area (Å²) in [5, 5.41) is 3.31. The zero-order valence-corrected chi connectivity index (χ0v) is 12.2. The molecule has 0 radical (unpaired) electrons. The van der Waals surface area contributed by atoms with Crippen LogP contribution in [0.25, 0.3) is 0 Å². The van der Waals surface area contributed by atoms with Gasteiger partial charge in [-0.1, -0.05) is 12.1 Å². The molecule has 19 heavy (non-hydrogen) atoms. The number of methoxy groups -OCH3 is 1. The lowest BCUT2D eigenvalue weighted by atomic mass is 9.96. The molecule has 0 spiro atoms. The Balaban J connectivity index is 2.56. The lowest BCUT2D eigenvalue weighted by Gasteiger charge is -2.20. The summed E-state index contributed by atoms with van der Waals surface area (Å²) < 4.78 is 11.2. The van der Waals surface area contributed by atoms with Crippen LogP contribution in [0.3, 0.4) is 0 Å². The van der Waals surface area contributed by atoms with E-state index in [-0.39, 0.29) is 6.04 Å². The van der Waals surface area contributed by atoms with E-state index in [2.05, 4.69) is 38.2 Å². The molecule has 1 heterocycles. The van der Waals surface area contributed by atoms with E-state index in [4.69, 9.17) is 9.15 Å². The summed E-state index contributed by atoms with van der Waals surface area (Å²) in [6, 6.07) is 6.21. The molecule has 1 unspecified atom stereocenters. The number of benzene rings is 1. The Morgan fingerprint density at radius 1 is 1.11 bits per heavy atom. The van der Waals surface area contributed by atoms with Gasteiger partial charge in [0.15, 0.2) is 0 Å². The molecular formula is C16H21NO2. The molecular weight excluding hydrogens is 238 g/mol. The summed E-state index contributed by atoms with van der Waals surface area (Å²) in [6.07, 6.45) is 1.72. The van der Waals surface area contributed by atoms with E-state index in [9.17, 15) is 0 Å². The second-order valence-electron chi connectivity index (χ2n) is 4.82. The highest BCUT2D eigenvalue weighted by molar-refractivity contribution is 5.49. The molecule has 0 aliphatic rings. The first-order chi connectivity index (χ1) is 9.10.